The van der Waals surface area contributed by atoms with Crippen LogP contribution in [0.2, 0.25) is 0 Å². The summed E-state index contributed by atoms with van der Waals surface area (Å²) in [5, 5.41) is 1.12. The molecule has 2 rings (SSSR count). The highest BCUT2D eigenvalue weighted by molar-refractivity contribution is 7.20. The molecule has 1 heterocycles. The summed E-state index contributed by atoms with van der Waals surface area (Å²) in [7, 11) is 1.40. The zero-order valence-electron chi connectivity index (χ0n) is 9.03. The molecule has 1 aromatic carbocycles. The number of hydrogen-bond acceptors (Lipinski definition) is 3. The summed E-state index contributed by atoms with van der Waals surface area (Å²) in [6.45, 7) is 3.73. The van der Waals surface area contributed by atoms with E-state index in [4.69, 9.17) is 4.74 Å². The van der Waals surface area contributed by atoms with Crippen LogP contribution in [0.25, 0.3) is 10.1 Å². The van der Waals surface area contributed by atoms with Crippen LogP contribution in [0, 0.1) is 0 Å². The molecular formula is C13H12O2S. The first-order valence-electron chi connectivity index (χ1n) is 4.97. The second-order valence-corrected chi connectivity index (χ2v) is 4.51. The van der Waals surface area contributed by atoms with Crippen molar-refractivity contribution in [2.75, 3.05) is 7.11 Å². The molecule has 0 unspecified atom stereocenters. The van der Waals surface area contributed by atoms with Gasteiger partial charge in [-0.3, -0.25) is 0 Å². The van der Waals surface area contributed by atoms with Gasteiger partial charge in [0.2, 0.25) is 0 Å². The molecule has 0 aliphatic carbocycles. The third kappa shape index (κ3) is 1.86. The summed E-state index contributed by atoms with van der Waals surface area (Å²) in [4.78, 5) is 12.1. The SMILES string of the molecule is C=CCc1cccc2sc(C(=O)OC)cc12. The number of esters is 1. The molecule has 0 saturated carbocycles. The fraction of sp³-hybridized carbons (Fsp3) is 0.154. The van der Waals surface area contributed by atoms with E-state index in [-0.39, 0.29) is 5.97 Å². The Hall–Kier alpha value is -1.61. The van der Waals surface area contributed by atoms with Gasteiger partial charge in [-0.25, -0.2) is 4.79 Å². The Bertz CT molecular complexity index is 540. The quantitative estimate of drug-likeness (QED) is 0.598. The number of carbonyl (C=O) groups excluding carboxylic acids is 1. The first-order valence-corrected chi connectivity index (χ1v) is 5.78. The van der Waals surface area contributed by atoms with Crippen molar-refractivity contribution >= 4 is 27.4 Å². The minimum Gasteiger partial charge on any atom is -0.465 e. The van der Waals surface area contributed by atoms with Crippen LogP contribution in [0.4, 0.5) is 0 Å². The van der Waals surface area contributed by atoms with Crippen molar-refractivity contribution in [1.82, 2.24) is 0 Å². The van der Waals surface area contributed by atoms with Crippen LogP contribution in [-0.2, 0) is 11.2 Å². The Labute approximate surface area is 98.2 Å². The van der Waals surface area contributed by atoms with E-state index in [2.05, 4.69) is 12.6 Å². The molecule has 0 aliphatic heterocycles. The highest BCUT2D eigenvalue weighted by Gasteiger charge is 2.11. The van der Waals surface area contributed by atoms with Crippen molar-refractivity contribution in [2.45, 2.75) is 6.42 Å². The fourth-order valence-electron chi connectivity index (χ4n) is 1.66. The maximum absolute atomic E-state index is 11.4. The molecule has 0 bridgehead atoms. The second kappa shape index (κ2) is 4.49. The van der Waals surface area contributed by atoms with E-state index < -0.39 is 0 Å². The first kappa shape index (κ1) is 10.9. The Balaban J connectivity index is 2.56. The monoisotopic (exact) mass is 232 g/mol. The summed E-state index contributed by atoms with van der Waals surface area (Å²) in [5.74, 6) is -0.272. The zero-order valence-corrected chi connectivity index (χ0v) is 9.84. The predicted octanol–water partition coefficient (Wildman–Crippen LogP) is 3.42. The number of hydrogen-bond donors (Lipinski definition) is 0. The molecule has 2 aromatic rings. The smallest absolute Gasteiger partial charge is 0.348 e. The Morgan fingerprint density at radius 1 is 1.56 bits per heavy atom. The van der Waals surface area contributed by atoms with E-state index in [9.17, 15) is 4.79 Å². The van der Waals surface area contributed by atoms with Crippen LogP contribution >= 0.6 is 11.3 Å². The molecule has 0 radical (unpaired) electrons. The molecule has 3 heteroatoms. The van der Waals surface area contributed by atoms with Gasteiger partial charge in [0.15, 0.2) is 0 Å². The van der Waals surface area contributed by atoms with E-state index in [1.165, 1.54) is 24.0 Å². The van der Waals surface area contributed by atoms with Gasteiger partial charge in [-0.1, -0.05) is 18.2 Å². The maximum atomic E-state index is 11.4. The van der Waals surface area contributed by atoms with Gasteiger partial charge in [0.05, 0.1) is 7.11 Å². The molecule has 0 amide bonds. The van der Waals surface area contributed by atoms with Gasteiger partial charge in [-0.15, -0.1) is 17.9 Å². The van der Waals surface area contributed by atoms with Gasteiger partial charge in [0.25, 0.3) is 0 Å². The Kier molecular flexibility index (Phi) is 3.06. The highest BCUT2D eigenvalue weighted by Crippen LogP contribution is 2.29. The molecule has 0 saturated heterocycles. The van der Waals surface area contributed by atoms with Gasteiger partial charge in [-0.05, 0) is 29.5 Å². The van der Waals surface area contributed by atoms with E-state index in [1.54, 1.807) is 0 Å². The molecule has 0 atom stereocenters. The second-order valence-electron chi connectivity index (χ2n) is 3.42. The van der Waals surface area contributed by atoms with E-state index in [1.807, 2.05) is 24.3 Å². The predicted molar refractivity (Wildman–Crippen MR) is 67.1 cm³/mol. The normalized spacial score (nSPS) is 10.3. The topological polar surface area (TPSA) is 26.3 Å². The van der Waals surface area contributed by atoms with Gasteiger partial charge in [0, 0.05) is 4.70 Å². The molecule has 0 fully saturated rings. The maximum Gasteiger partial charge on any atom is 0.348 e. The number of ether oxygens (including phenoxy) is 1. The van der Waals surface area contributed by atoms with Crippen molar-refractivity contribution in [3.8, 4) is 0 Å². The molecule has 1 aromatic heterocycles. The lowest BCUT2D eigenvalue weighted by Gasteiger charge is -1.97. The zero-order chi connectivity index (χ0) is 11.5. The third-order valence-corrected chi connectivity index (χ3v) is 3.48. The standard InChI is InChI=1S/C13H12O2S/c1-3-5-9-6-4-7-11-10(9)8-12(16-11)13(14)15-2/h3-4,6-8H,1,5H2,2H3. The molecule has 16 heavy (non-hydrogen) atoms. The Morgan fingerprint density at radius 2 is 2.38 bits per heavy atom. The number of fused-ring (bicyclic) bond motifs is 1. The highest BCUT2D eigenvalue weighted by atomic mass is 32.1. The number of methoxy groups -OCH3 is 1. The van der Waals surface area contributed by atoms with Crippen LogP contribution in [0.1, 0.15) is 15.2 Å². The number of thiophene rings is 1. The van der Waals surface area contributed by atoms with Gasteiger partial charge >= 0.3 is 5.97 Å². The van der Waals surface area contributed by atoms with Crippen LogP contribution in [0.15, 0.2) is 36.9 Å². The number of benzene rings is 1. The van der Waals surface area contributed by atoms with Crippen LogP contribution in [0.3, 0.4) is 0 Å². The Morgan fingerprint density at radius 3 is 3.06 bits per heavy atom. The van der Waals surface area contributed by atoms with Crippen molar-refractivity contribution in [1.29, 1.82) is 0 Å². The fourth-order valence-corrected chi connectivity index (χ4v) is 2.68. The van der Waals surface area contributed by atoms with Crippen LogP contribution in [0.5, 0.6) is 0 Å². The van der Waals surface area contributed by atoms with Crippen LogP contribution in [-0.4, -0.2) is 13.1 Å². The first-order chi connectivity index (χ1) is 7.76. The number of allylic oxidation sites excluding steroid dienone is 1. The van der Waals surface area contributed by atoms with E-state index >= 15 is 0 Å². The molecule has 0 aliphatic rings. The molecule has 0 spiro atoms. The van der Waals surface area contributed by atoms with E-state index in [0.29, 0.717) is 4.88 Å². The summed E-state index contributed by atoms with van der Waals surface area (Å²) >= 11 is 1.46. The molecule has 0 N–H and O–H groups in total. The number of rotatable bonds is 3. The molecular weight excluding hydrogens is 220 g/mol. The lowest BCUT2D eigenvalue weighted by molar-refractivity contribution is 0.0606. The van der Waals surface area contributed by atoms with Crippen molar-refractivity contribution in [2.24, 2.45) is 0 Å². The average Bonchev–Trinajstić information content (AvgIpc) is 2.73. The summed E-state index contributed by atoms with van der Waals surface area (Å²) in [6, 6.07) is 7.96. The van der Waals surface area contributed by atoms with Crippen molar-refractivity contribution < 1.29 is 9.53 Å². The minimum absolute atomic E-state index is 0.272. The third-order valence-electron chi connectivity index (χ3n) is 2.40. The minimum atomic E-state index is -0.272. The largest absolute Gasteiger partial charge is 0.465 e. The summed E-state index contributed by atoms with van der Waals surface area (Å²) < 4.78 is 5.83. The molecule has 2 nitrogen and oxygen atoms in total. The number of carbonyl (C=O) groups is 1. The van der Waals surface area contributed by atoms with E-state index in [0.717, 1.165) is 16.5 Å². The summed E-state index contributed by atoms with van der Waals surface area (Å²) in [5.41, 5.74) is 1.19. The van der Waals surface area contributed by atoms with Gasteiger partial charge < -0.3 is 4.74 Å². The molecule has 82 valence electrons. The lowest BCUT2D eigenvalue weighted by Crippen LogP contribution is -1.96. The van der Waals surface area contributed by atoms with Crippen molar-refractivity contribution in [3.05, 3.63) is 47.4 Å². The van der Waals surface area contributed by atoms with Crippen molar-refractivity contribution in [3.63, 3.8) is 0 Å². The van der Waals surface area contributed by atoms with Gasteiger partial charge in [0.1, 0.15) is 4.88 Å². The average molecular weight is 232 g/mol. The van der Waals surface area contributed by atoms with Crippen LogP contribution < -0.4 is 0 Å². The summed E-state index contributed by atoms with van der Waals surface area (Å²) in [6.07, 6.45) is 2.68. The lowest BCUT2D eigenvalue weighted by atomic mass is 10.1. The van der Waals surface area contributed by atoms with Gasteiger partial charge in [-0.2, -0.15) is 0 Å².